The molecule has 27 heavy (non-hydrogen) atoms. The van der Waals surface area contributed by atoms with Gasteiger partial charge in [-0.15, -0.1) is 11.3 Å². The Morgan fingerprint density at radius 2 is 1.33 bits per heavy atom. The summed E-state index contributed by atoms with van der Waals surface area (Å²) < 4.78 is 0. The van der Waals surface area contributed by atoms with Gasteiger partial charge in [-0.3, -0.25) is 10.1 Å². The number of carbonyl (C=O) groups is 1. The Balaban J connectivity index is 1.55. The second-order valence-electron chi connectivity index (χ2n) is 6.19. The van der Waals surface area contributed by atoms with Gasteiger partial charge in [0.05, 0.1) is 5.69 Å². The van der Waals surface area contributed by atoms with E-state index in [1.54, 1.807) is 12.1 Å². The van der Waals surface area contributed by atoms with E-state index in [4.69, 9.17) is 0 Å². The zero-order chi connectivity index (χ0) is 18.6. The summed E-state index contributed by atoms with van der Waals surface area (Å²) >= 11 is 1.49. The van der Waals surface area contributed by atoms with Gasteiger partial charge in [-0.2, -0.15) is 0 Å². The van der Waals surface area contributed by atoms with Gasteiger partial charge in [0.2, 0.25) is 0 Å². The van der Waals surface area contributed by atoms with Crippen LogP contribution in [0.4, 0.5) is 5.13 Å². The molecular formula is C23H18N2OS. The zero-order valence-electron chi connectivity index (χ0n) is 14.8. The largest absolute Gasteiger partial charge is 0.298 e. The Labute approximate surface area is 162 Å². The molecule has 4 heteroatoms. The highest BCUT2D eigenvalue weighted by Gasteiger charge is 2.13. The predicted octanol–water partition coefficient (Wildman–Crippen LogP) is 6.04. The Kier molecular flexibility index (Phi) is 4.81. The third-order valence-electron chi connectivity index (χ3n) is 4.32. The summed E-state index contributed by atoms with van der Waals surface area (Å²) in [5.74, 6) is -0.143. The minimum atomic E-state index is -0.143. The number of nitrogens with zero attached hydrogens (tertiary/aromatic N) is 1. The van der Waals surface area contributed by atoms with Gasteiger partial charge in [-0.1, -0.05) is 72.8 Å². The van der Waals surface area contributed by atoms with Crippen molar-refractivity contribution in [3.63, 3.8) is 0 Å². The molecule has 0 saturated heterocycles. The number of hydrogen-bond acceptors (Lipinski definition) is 3. The number of thiazole rings is 1. The van der Waals surface area contributed by atoms with Gasteiger partial charge in [-0.05, 0) is 30.2 Å². The minimum absolute atomic E-state index is 0.143. The van der Waals surface area contributed by atoms with Gasteiger partial charge >= 0.3 is 0 Å². The minimum Gasteiger partial charge on any atom is -0.298 e. The number of aromatic nitrogens is 1. The van der Waals surface area contributed by atoms with Crippen molar-refractivity contribution in [1.29, 1.82) is 0 Å². The van der Waals surface area contributed by atoms with E-state index in [2.05, 4.69) is 46.7 Å². The Bertz CT molecular complexity index is 1050. The van der Waals surface area contributed by atoms with Crippen LogP contribution in [-0.4, -0.2) is 10.9 Å². The van der Waals surface area contributed by atoms with Crippen molar-refractivity contribution in [3.8, 4) is 22.4 Å². The Hall–Kier alpha value is -3.24. The van der Waals surface area contributed by atoms with Gasteiger partial charge in [0.15, 0.2) is 5.13 Å². The van der Waals surface area contributed by atoms with Crippen LogP contribution in [0.25, 0.3) is 22.4 Å². The van der Waals surface area contributed by atoms with Gasteiger partial charge in [0.1, 0.15) is 0 Å². The molecule has 4 aromatic rings. The normalized spacial score (nSPS) is 10.6. The molecule has 0 radical (unpaired) electrons. The van der Waals surface area contributed by atoms with Crippen molar-refractivity contribution in [2.24, 2.45) is 0 Å². The fourth-order valence-electron chi connectivity index (χ4n) is 2.93. The number of rotatable bonds is 4. The molecule has 0 spiro atoms. The molecule has 3 nitrogen and oxygen atoms in total. The highest BCUT2D eigenvalue weighted by atomic mass is 32.1. The summed E-state index contributed by atoms with van der Waals surface area (Å²) in [7, 11) is 0. The van der Waals surface area contributed by atoms with Gasteiger partial charge in [0, 0.05) is 16.0 Å². The quantitative estimate of drug-likeness (QED) is 0.476. The fourth-order valence-corrected chi connectivity index (χ4v) is 3.76. The van der Waals surface area contributed by atoms with Crippen molar-refractivity contribution >= 4 is 22.4 Å². The number of aryl methyl sites for hydroxylation is 1. The van der Waals surface area contributed by atoms with E-state index in [1.165, 1.54) is 22.5 Å². The Morgan fingerprint density at radius 1 is 0.778 bits per heavy atom. The molecule has 3 aromatic carbocycles. The second-order valence-corrected chi connectivity index (χ2v) is 7.39. The lowest BCUT2D eigenvalue weighted by atomic mass is 10.0. The molecule has 0 aliphatic carbocycles. The van der Waals surface area contributed by atoms with Crippen LogP contribution in [0.1, 0.15) is 15.2 Å². The number of anilines is 1. The second kappa shape index (κ2) is 7.56. The van der Waals surface area contributed by atoms with Gasteiger partial charge < -0.3 is 0 Å². The SMILES string of the molecule is Cc1sc(NC(=O)c2ccccc2)nc1-c1ccc(-c2ccccc2)cc1. The van der Waals surface area contributed by atoms with Crippen LogP contribution < -0.4 is 5.32 Å². The van der Waals surface area contributed by atoms with Crippen LogP contribution in [-0.2, 0) is 0 Å². The number of hydrogen-bond donors (Lipinski definition) is 1. The van der Waals surface area contributed by atoms with Crippen LogP contribution in [0.5, 0.6) is 0 Å². The molecule has 1 aromatic heterocycles. The molecule has 0 fully saturated rings. The van der Waals surface area contributed by atoms with Crippen molar-refractivity contribution in [3.05, 3.63) is 95.4 Å². The van der Waals surface area contributed by atoms with Crippen molar-refractivity contribution in [2.45, 2.75) is 6.92 Å². The molecule has 1 N–H and O–H groups in total. The highest BCUT2D eigenvalue weighted by Crippen LogP contribution is 2.32. The van der Waals surface area contributed by atoms with E-state index in [-0.39, 0.29) is 5.91 Å². The smallest absolute Gasteiger partial charge is 0.257 e. The maximum atomic E-state index is 12.3. The first-order chi connectivity index (χ1) is 13.2. The zero-order valence-corrected chi connectivity index (χ0v) is 15.7. The molecule has 0 atom stereocenters. The third-order valence-corrected chi connectivity index (χ3v) is 5.20. The standard InChI is InChI=1S/C23H18N2OS/c1-16-21(19-14-12-18(13-15-19)17-8-4-2-5-9-17)24-23(27-16)25-22(26)20-10-6-3-7-11-20/h2-15H,1H3,(H,24,25,26). The van der Waals surface area contributed by atoms with Crippen LogP contribution in [0, 0.1) is 6.92 Å². The van der Waals surface area contributed by atoms with Crippen molar-refractivity contribution in [1.82, 2.24) is 4.98 Å². The molecule has 0 bridgehead atoms. The van der Waals surface area contributed by atoms with Crippen molar-refractivity contribution < 1.29 is 4.79 Å². The summed E-state index contributed by atoms with van der Waals surface area (Å²) in [5, 5.41) is 3.51. The molecule has 0 aliphatic rings. The van der Waals surface area contributed by atoms with Crippen LogP contribution in [0.15, 0.2) is 84.9 Å². The molecule has 132 valence electrons. The molecule has 1 heterocycles. The number of nitrogens with one attached hydrogen (secondary N) is 1. The third kappa shape index (κ3) is 3.81. The van der Waals surface area contributed by atoms with E-state index in [1.807, 2.05) is 43.3 Å². The molecule has 0 saturated carbocycles. The van der Waals surface area contributed by atoms with E-state index < -0.39 is 0 Å². The number of benzene rings is 3. The van der Waals surface area contributed by atoms with Crippen LogP contribution in [0.2, 0.25) is 0 Å². The first-order valence-electron chi connectivity index (χ1n) is 8.70. The van der Waals surface area contributed by atoms with Crippen molar-refractivity contribution in [2.75, 3.05) is 5.32 Å². The first kappa shape index (κ1) is 17.2. The molecule has 0 unspecified atom stereocenters. The first-order valence-corrected chi connectivity index (χ1v) is 9.52. The number of amides is 1. The maximum Gasteiger partial charge on any atom is 0.257 e. The number of carbonyl (C=O) groups excluding carboxylic acids is 1. The average Bonchev–Trinajstić information content (AvgIpc) is 3.09. The van der Waals surface area contributed by atoms with Gasteiger partial charge in [0.25, 0.3) is 5.91 Å². The lowest BCUT2D eigenvalue weighted by molar-refractivity contribution is 0.102. The van der Waals surface area contributed by atoms with E-state index >= 15 is 0 Å². The Morgan fingerprint density at radius 3 is 2.00 bits per heavy atom. The monoisotopic (exact) mass is 370 g/mol. The summed E-state index contributed by atoms with van der Waals surface area (Å²) in [6.07, 6.45) is 0. The molecule has 0 aliphatic heterocycles. The van der Waals surface area contributed by atoms with E-state index in [0.717, 1.165) is 16.1 Å². The molecular weight excluding hydrogens is 352 g/mol. The van der Waals surface area contributed by atoms with Crippen LogP contribution in [0.3, 0.4) is 0 Å². The van der Waals surface area contributed by atoms with Crippen LogP contribution >= 0.6 is 11.3 Å². The lowest BCUT2D eigenvalue weighted by Gasteiger charge is -2.04. The summed E-state index contributed by atoms with van der Waals surface area (Å²) in [5.41, 5.74) is 4.94. The maximum absolute atomic E-state index is 12.3. The summed E-state index contributed by atoms with van der Waals surface area (Å²) in [4.78, 5) is 18.0. The van der Waals surface area contributed by atoms with E-state index in [0.29, 0.717) is 10.7 Å². The highest BCUT2D eigenvalue weighted by molar-refractivity contribution is 7.16. The fraction of sp³-hybridized carbons (Fsp3) is 0.0435. The average molecular weight is 370 g/mol. The summed E-state index contributed by atoms with van der Waals surface area (Å²) in [6.45, 7) is 2.02. The molecule has 1 amide bonds. The topological polar surface area (TPSA) is 42.0 Å². The van der Waals surface area contributed by atoms with Gasteiger partial charge in [-0.25, -0.2) is 4.98 Å². The molecule has 4 rings (SSSR count). The lowest BCUT2D eigenvalue weighted by Crippen LogP contribution is -2.11. The predicted molar refractivity (Wildman–Crippen MR) is 112 cm³/mol. The summed E-state index contributed by atoms with van der Waals surface area (Å²) in [6, 6.07) is 27.8. The van der Waals surface area contributed by atoms with E-state index in [9.17, 15) is 4.79 Å².